The van der Waals surface area contributed by atoms with Gasteiger partial charge in [0.15, 0.2) is 0 Å². The second-order valence-corrected chi connectivity index (χ2v) is 8.23. The zero-order valence-electron chi connectivity index (χ0n) is 13.3. The van der Waals surface area contributed by atoms with Crippen molar-refractivity contribution in [2.45, 2.75) is 52.4 Å². The molecule has 0 saturated carbocycles. The van der Waals surface area contributed by atoms with E-state index < -0.39 is 15.2 Å². The smallest absolute Gasteiger partial charge is 0.779 e. The maximum atomic E-state index is 10.4. The maximum Gasteiger partial charge on any atom is 2.00 e. The fraction of sp³-hybridized carbons (Fsp3) is 1.00. The van der Waals surface area contributed by atoms with Gasteiger partial charge in [-0.15, -0.1) is 0 Å². The molecular formula is C12H28CoO6P2. The predicted octanol–water partition coefficient (Wildman–Crippen LogP) is 2.75. The van der Waals surface area contributed by atoms with Crippen molar-refractivity contribution in [2.75, 3.05) is 26.5 Å². The first-order valence-corrected chi connectivity index (χ1v) is 11.0. The molecule has 0 aromatic carbocycles. The van der Waals surface area contributed by atoms with Gasteiger partial charge in [0.2, 0.25) is 0 Å². The van der Waals surface area contributed by atoms with Crippen LogP contribution in [0.3, 0.4) is 0 Å². The van der Waals surface area contributed by atoms with E-state index in [4.69, 9.17) is 0 Å². The summed E-state index contributed by atoms with van der Waals surface area (Å²) in [6, 6.07) is 0. The van der Waals surface area contributed by atoms with Crippen molar-refractivity contribution < 1.29 is 44.7 Å². The predicted molar refractivity (Wildman–Crippen MR) is 78.0 cm³/mol. The van der Waals surface area contributed by atoms with Crippen LogP contribution in [0.1, 0.15) is 52.4 Å². The van der Waals surface area contributed by atoms with Gasteiger partial charge in [0.25, 0.3) is 0 Å². The Morgan fingerprint density at radius 3 is 1.24 bits per heavy atom. The Morgan fingerprint density at radius 2 is 1.05 bits per heavy atom. The van der Waals surface area contributed by atoms with Crippen LogP contribution in [0.25, 0.3) is 0 Å². The summed E-state index contributed by atoms with van der Waals surface area (Å²) in [6.45, 7) is 6.99. The summed E-state index contributed by atoms with van der Waals surface area (Å²) < 4.78 is 29.9. The Morgan fingerprint density at radius 1 is 0.762 bits per heavy atom. The van der Waals surface area contributed by atoms with Gasteiger partial charge in [0.1, 0.15) is 15.2 Å². The third-order valence-corrected chi connectivity index (χ3v) is 3.45. The molecule has 0 fully saturated rings. The van der Waals surface area contributed by atoms with Crippen molar-refractivity contribution >= 4 is 15.2 Å². The van der Waals surface area contributed by atoms with Crippen LogP contribution in [-0.2, 0) is 35.0 Å². The fourth-order valence-electron chi connectivity index (χ4n) is 1.16. The molecule has 0 aliphatic heterocycles. The molecule has 0 spiro atoms. The molecule has 2 atom stereocenters. The van der Waals surface area contributed by atoms with Crippen LogP contribution in [0.15, 0.2) is 0 Å². The molecule has 21 heavy (non-hydrogen) atoms. The second kappa shape index (κ2) is 15.7. The van der Waals surface area contributed by atoms with Crippen molar-refractivity contribution in [3.05, 3.63) is 0 Å². The number of hydrogen-bond acceptors (Lipinski definition) is 6. The topological polar surface area (TPSA) is 98.7 Å². The van der Waals surface area contributed by atoms with Crippen LogP contribution in [0.5, 0.6) is 0 Å². The van der Waals surface area contributed by atoms with E-state index >= 15 is 0 Å². The van der Waals surface area contributed by atoms with Crippen LogP contribution in [0.4, 0.5) is 0 Å². The van der Waals surface area contributed by atoms with E-state index in [1.54, 1.807) is 0 Å². The van der Waals surface area contributed by atoms with Gasteiger partial charge in [0.05, 0.1) is 13.2 Å². The zero-order chi connectivity index (χ0) is 16.1. The fourth-order valence-corrected chi connectivity index (χ4v) is 2.09. The van der Waals surface area contributed by atoms with Gasteiger partial charge in [-0.1, -0.05) is 39.5 Å². The summed E-state index contributed by atoms with van der Waals surface area (Å²) in [4.78, 5) is 20.8. The molecule has 0 amide bonds. The minimum atomic E-state index is -3.46. The van der Waals surface area contributed by atoms with E-state index in [1.807, 2.05) is 0 Å². The largest absolute Gasteiger partial charge is 2.00 e. The third-order valence-electron chi connectivity index (χ3n) is 2.15. The standard InChI is InChI=1S/2C6H15O3P.Co/c2*1-3-4-5-6-9-10(2,7)8;/h2*3-6H2,1-2H3,(H,7,8);/q;;+2/p-2. The molecule has 0 aliphatic rings. The Kier molecular flexibility index (Phi) is 19.9. The van der Waals surface area contributed by atoms with E-state index in [1.165, 1.54) is 0 Å². The molecule has 0 bridgehead atoms. The zero-order valence-corrected chi connectivity index (χ0v) is 16.2. The minimum absolute atomic E-state index is 0. The first-order chi connectivity index (χ1) is 9.12. The summed E-state index contributed by atoms with van der Waals surface area (Å²) in [7, 11) is -6.91. The van der Waals surface area contributed by atoms with E-state index in [2.05, 4.69) is 22.9 Å². The van der Waals surface area contributed by atoms with Crippen LogP contribution in [0, 0.1) is 0 Å². The van der Waals surface area contributed by atoms with Gasteiger partial charge in [-0.05, 0) is 12.8 Å². The Labute approximate surface area is 139 Å². The molecule has 2 unspecified atom stereocenters. The van der Waals surface area contributed by atoms with Crippen LogP contribution >= 0.6 is 15.2 Å². The van der Waals surface area contributed by atoms with Crippen molar-refractivity contribution in [1.29, 1.82) is 0 Å². The maximum absolute atomic E-state index is 10.4. The molecule has 0 heterocycles. The SMILES string of the molecule is CCCCCOP(C)(=O)[O-].CCCCCOP(C)(=O)[O-].[Co+2]. The minimum Gasteiger partial charge on any atom is -0.779 e. The van der Waals surface area contributed by atoms with Gasteiger partial charge < -0.3 is 28.0 Å². The second-order valence-electron chi connectivity index (χ2n) is 4.62. The Balaban J connectivity index is -0.000000295. The molecule has 0 saturated heterocycles. The third kappa shape index (κ3) is 33.6. The van der Waals surface area contributed by atoms with E-state index in [-0.39, 0.29) is 16.8 Å². The summed E-state index contributed by atoms with van der Waals surface area (Å²) in [5, 5.41) is 0. The average Bonchev–Trinajstić information content (AvgIpc) is 2.29. The first-order valence-electron chi connectivity index (χ1n) is 6.98. The number of rotatable bonds is 10. The molecule has 131 valence electrons. The summed E-state index contributed by atoms with van der Waals surface area (Å²) in [6.07, 6.45) is 5.87. The van der Waals surface area contributed by atoms with E-state index in [0.717, 1.165) is 51.9 Å². The van der Waals surface area contributed by atoms with Crippen molar-refractivity contribution in [1.82, 2.24) is 0 Å². The van der Waals surface area contributed by atoms with Gasteiger partial charge >= 0.3 is 16.8 Å². The monoisotopic (exact) mass is 389 g/mol. The molecule has 0 rings (SSSR count). The average molecular weight is 389 g/mol. The molecule has 0 aromatic rings. The summed E-state index contributed by atoms with van der Waals surface area (Å²) in [5.41, 5.74) is 0. The molecule has 0 N–H and O–H groups in total. The van der Waals surface area contributed by atoms with Crippen LogP contribution in [0.2, 0.25) is 0 Å². The molecule has 0 aliphatic carbocycles. The number of hydrogen-bond donors (Lipinski definition) is 0. The molecule has 9 heteroatoms. The van der Waals surface area contributed by atoms with Crippen molar-refractivity contribution in [3.8, 4) is 0 Å². The van der Waals surface area contributed by atoms with Crippen molar-refractivity contribution in [2.24, 2.45) is 0 Å². The Bertz CT molecular complexity index is 272. The van der Waals surface area contributed by atoms with Crippen molar-refractivity contribution in [3.63, 3.8) is 0 Å². The van der Waals surface area contributed by atoms with E-state index in [9.17, 15) is 18.9 Å². The van der Waals surface area contributed by atoms with E-state index in [0.29, 0.717) is 13.2 Å². The molecule has 0 aromatic heterocycles. The molecular weight excluding hydrogens is 361 g/mol. The van der Waals surface area contributed by atoms with Crippen LogP contribution < -0.4 is 9.79 Å². The Hall–Kier alpha value is 0.806. The first kappa shape index (κ1) is 26.7. The van der Waals surface area contributed by atoms with Crippen LogP contribution in [-0.4, -0.2) is 26.5 Å². The quantitative estimate of drug-likeness (QED) is 0.421. The van der Waals surface area contributed by atoms with Gasteiger partial charge in [0, 0.05) is 13.3 Å². The number of unbranched alkanes of at least 4 members (excludes halogenated alkanes) is 4. The molecule has 6 nitrogen and oxygen atoms in total. The van der Waals surface area contributed by atoms with Gasteiger partial charge in [-0.3, -0.25) is 0 Å². The van der Waals surface area contributed by atoms with Gasteiger partial charge in [-0.2, -0.15) is 0 Å². The normalized spacial score (nSPS) is 15.9. The van der Waals surface area contributed by atoms with Gasteiger partial charge in [-0.25, -0.2) is 0 Å². The summed E-state index contributed by atoms with van der Waals surface area (Å²) in [5.74, 6) is 0. The summed E-state index contributed by atoms with van der Waals surface area (Å²) >= 11 is 0. The molecule has 1 radical (unpaired) electrons.